The van der Waals surface area contributed by atoms with Gasteiger partial charge in [0.25, 0.3) is 0 Å². The Kier molecular flexibility index (Phi) is 17.5. The molecule has 6 rings (SSSR count). The van der Waals surface area contributed by atoms with Crippen molar-refractivity contribution in [2.75, 3.05) is 9.80 Å². The van der Waals surface area contributed by atoms with Crippen LogP contribution in [0, 0.1) is 33.5 Å². The number of nitriles is 2. The van der Waals surface area contributed by atoms with Gasteiger partial charge in [-0.3, -0.25) is 0 Å². The summed E-state index contributed by atoms with van der Waals surface area (Å²) in [5, 5.41) is 37.3. The van der Waals surface area contributed by atoms with Gasteiger partial charge in [0.1, 0.15) is 23.3 Å². The van der Waals surface area contributed by atoms with Crippen LogP contribution in [0.2, 0.25) is 0 Å². The Morgan fingerprint density at radius 2 is 0.643 bits per heavy atom. The van der Waals surface area contributed by atoms with Crippen LogP contribution < -0.4 is 9.80 Å². The molecule has 0 unspecified atom stereocenters. The third-order valence-corrected chi connectivity index (χ3v) is 14.4. The Morgan fingerprint density at radius 1 is 0.414 bits per heavy atom. The van der Waals surface area contributed by atoms with Crippen LogP contribution in [0.1, 0.15) is 113 Å². The Morgan fingerprint density at radius 3 is 0.857 bits per heavy atom. The lowest BCUT2D eigenvalue weighted by atomic mass is 9.75. The van der Waals surface area contributed by atoms with E-state index in [9.17, 15) is 30.3 Å². The molecule has 0 radical (unpaired) electrons. The van der Waals surface area contributed by atoms with Crippen LogP contribution >= 0.6 is 0 Å². The van der Waals surface area contributed by atoms with Crippen molar-refractivity contribution in [1.82, 2.24) is 0 Å². The Balaban J connectivity index is 1.28. The number of hydrogen-bond donors (Lipinski definition) is 2. The third-order valence-electron chi connectivity index (χ3n) is 14.4. The molecule has 0 bridgehead atoms. The number of anilines is 6. The van der Waals surface area contributed by atoms with Gasteiger partial charge in [0.05, 0.1) is 0 Å². The topological polar surface area (TPSA) is 129 Å². The summed E-state index contributed by atoms with van der Waals surface area (Å²) in [7, 11) is 0. The molecule has 0 fully saturated rings. The predicted octanol–water partition coefficient (Wildman–Crippen LogP) is 16.3. The molecule has 0 aliphatic rings. The Bertz CT molecular complexity index is 2710. The van der Waals surface area contributed by atoms with Crippen molar-refractivity contribution in [2.24, 2.45) is 10.8 Å². The molecule has 0 heterocycles. The highest BCUT2D eigenvalue weighted by atomic mass is 16.4. The number of rotatable bonds is 22. The number of carboxylic acid groups (broad SMARTS) is 2. The maximum atomic E-state index is 11.5. The van der Waals surface area contributed by atoms with Gasteiger partial charge < -0.3 is 20.0 Å². The van der Waals surface area contributed by atoms with Gasteiger partial charge >= 0.3 is 11.9 Å². The van der Waals surface area contributed by atoms with Crippen LogP contribution in [0.15, 0.2) is 157 Å². The van der Waals surface area contributed by atoms with Gasteiger partial charge in [-0.25, -0.2) is 9.59 Å². The van der Waals surface area contributed by atoms with Crippen LogP contribution in [0.3, 0.4) is 0 Å². The third kappa shape index (κ3) is 12.6. The first-order valence-electron chi connectivity index (χ1n) is 24.4. The molecule has 0 spiro atoms. The molecule has 0 aliphatic carbocycles. The first-order valence-corrected chi connectivity index (χ1v) is 24.4. The van der Waals surface area contributed by atoms with Gasteiger partial charge in [-0.2, -0.15) is 10.5 Å². The molecular weight excluding hydrogens is 865 g/mol. The zero-order chi connectivity index (χ0) is 50.3. The van der Waals surface area contributed by atoms with Crippen LogP contribution in [0.5, 0.6) is 0 Å². The van der Waals surface area contributed by atoms with E-state index >= 15 is 0 Å². The maximum absolute atomic E-state index is 11.5. The van der Waals surface area contributed by atoms with E-state index in [4.69, 9.17) is 0 Å². The lowest BCUT2D eigenvalue weighted by Gasteiger charge is -2.31. The Labute approximate surface area is 414 Å². The highest BCUT2D eigenvalue weighted by Gasteiger charge is 2.26. The second-order valence-corrected chi connectivity index (χ2v) is 18.1. The number of carbonyl (C=O) groups is 2. The van der Waals surface area contributed by atoms with Crippen molar-refractivity contribution < 1.29 is 19.8 Å². The second-order valence-electron chi connectivity index (χ2n) is 18.1. The van der Waals surface area contributed by atoms with E-state index in [0.29, 0.717) is 22.0 Å². The summed E-state index contributed by atoms with van der Waals surface area (Å²) in [4.78, 5) is 27.3. The quantitative estimate of drug-likeness (QED) is 0.0391. The molecule has 6 aromatic carbocycles. The number of benzene rings is 6. The number of carboxylic acids is 2. The summed E-state index contributed by atoms with van der Waals surface area (Å²) >= 11 is 0. The maximum Gasteiger partial charge on any atom is 0.346 e. The summed E-state index contributed by atoms with van der Waals surface area (Å²) in [6, 6.07) is 52.8. The van der Waals surface area contributed by atoms with Crippen LogP contribution in [-0.2, 0) is 22.4 Å². The van der Waals surface area contributed by atoms with Crippen molar-refractivity contribution in [2.45, 2.75) is 92.9 Å². The molecule has 0 amide bonds. The first kappa shape index (κ1) is 51.5. The van der Waals surface area contributed by atoms with E-state index in [1.165, 1.54) is 61.8 Å². The minimum absolute atomic E-state index is 0.319. The molecule has 6 aromatic rings. The van der Waals surface area contributed by atoms with Gasteiger partial charge in [-0.05, 0) is 142 Å². The lowest BCUT2D eigenvalue weighted by Crippen LogP contribution is -2.21. The molecule has 356 valence electrons. The smallest absolute Gasteiger partial charge is 0.346 e. The van der Waals surface area contributed by atoms with E-state index < -0.39 is 11.9 Å². The highest BCUT2D eigenvalue weighted by molar-refractivity contribution is 5.97. The van der Waals surface area contributed by atoms with Gasteiger partial charge in [-0.15, -0.1) is 0 Å². The van der Waals surface area contributed by atoms with Crippen molar-refractivity contribution >= 4 is 70.4 Å². The molecule has 70 heavy (non-hydrogen) atoms. The van der Waals surface area contributed by atoms with Gasteiger partial charge in [0.15, 0.2) is 0 Å². The summed E-state index contributed by atoms with van der Waals surface area (Å²) in [5.41, 5.74) is 11.5. The predicted molar refractivity (Wildman–Crippen MR) is 288 cm³/mol. The minimum Gasteiger partial charge on any atom is -0.477 e. The fourth-order valence-corrected chi connectivity index (χ4v) is 9.25. The fraction of sp³-hybridized carbons (Fsp3) is 0.258. The van der Waals surface area contributed by atoms with E-state index in [1.54, 1.807) is 36.4 Å². The molecule has 0 aliphatic heterocycles. The van der Waals surface area contributed by atoms with E-state index in [-0.39, 0.29) is 11.1 Å². The molecule has 0 saturated heterocycles. The van der Waals surface area contributed by atoms with E-state index in [0.717, 1.165) is 58.1 Å². The molecular formula is C62H64N4O4. The highest BCUT2D eigenvalue weighted by Crippen LogP contribution is 2.40. The SMILES string of the molecule is CCC(CC)(CC)Cc1ccc(N(c2ccc(C=Cc3ccc(N(c4ccc(C=C(C#N)C(=O)O)cc4)c4ccc(/C=C(/C#N)C(=O)O)cc4)cc3)cc2)c2ccc(CC(CC)(CC)CC)cc2)cc1. The average Bonchev–Trinajstić information content (AvgIpc) is 3.40. The number of aliphatic carboxylic acids is 2. The van der Waals surface area contributed by atoms with Crippen LogP contribution in [0.4, 0.5) is 34.1 Å². The molecule has 8 nitrogen and oxygen atoms in total. The lowest BCUT2D eigenvalue weighted by molar-refractivity contribution is -0.133. The molecule has 0 saturated carbocycles. The molecule has 0 atom stereocenters. The van der Waals surface area contributed by atoms with E-state index in [1.807, 2.05) is 53.4 Å². The number of nitrogens with zero attached hydrogens (tertiary/aromatic N) is 4. The van der Waals surface area contributed by atoms with Gasteiger partial charge in [-0.1, -0.05) is 165 Å². The fourth-order valence-electron chi connectivity index (χ4n) is 9.25. The van der Waals surface area contributed by atoms with Crippen molar-refractivity contribution in [3.63, 3.8) is 0 Å². The zero-order valence-corrected chi connectivity index (χ0v) is 41.3. The minimum atomic E-state index is -1.30. The molecule has 2 N–H and O–H groups in total. The standard InChI is InChI=1S/C62H64N4O4/c1-7-61(8-2,9-3)41-49-23-35-57(36-24-49)66(58-37-25-50(26-38-58)42-62(10-4,11-5)12-6)54-29-17-46(18-30-54)14-13-45-15-27-53(28-16-45)65(55-31-19-47(20-32-55)39-51(43-63)59(67)68)56-33-21-48(22-34-56)40-52(44-64)60(69)70/h13-40H,7-12,41-42H2,1-6H3,(H,67,68)(H,69,70)/b14-13?,51-39-,52-40?. The second kappa shape index (κ2) is 23.9. The first-order chi connectivity index (χ1) is 33.8. The van der Waals surface area contributed by atoms with Crippen LogP contribution in [0.25, 0.3) is 24.3 Å². The summed E-state index contributed by atoms with van der Waals surface area (Å²) in [5.74, 6) is -2.60. The van der Waals surface area contributed by atoms with Gasteiger partial charge in [0.2, 0.25) is 0 Å². The summed E-state index contributed by atoms with van der Waals surface area (Å²) in [6.45, 7) is 13.9. The summed E-state index contributed by atoms with van der Waals surface area (Å²) in [6.07, 6.45) is 16.0. The molecule has 0 aromatic heterocycles. The molecule has 8 heteroatoms. The largest absolute Gasteiger partial charge is 0.477 e. The zero-order valence-electron chi connectivity index (χ0n) is 41.3. The van der Waals surface area contributed by atoms with Gasteiger partial charge in [0, 0.05) is 34.1 Å². The van der Waals surface area contributed by atoms with E-state index in [2.05, 4.69) is 131 Å². The normalized spacial score (nSPS) is 12.1. The Hall–Kier alpha value is -7.94. The van der Waals surface area contributed by atoms with Crippen molar-refractivity contribution in [3.05, 3.63) is 190 Å². The average molecular weight is 929 g/mol. The van der Waals surface area contributed by atoms with Crippen LogP contribution in [-0.4, -0.2) is 22.2 Å². The van der Waals surface area contributed by atoms with Crippen molar-refractivity contribution in [3.8, 4) is 12.1 Å². The summed E-state index contributed by atoms with van der Waals surface area (Å²) < 4.78 is 0. The van der Waals surface area contributed by atoms with Crippen molar-refractivity contribution in [1.29, 1.82) is 10.5 Å². The number of hydrogen-bond acceptors (Lipinski definition) is 6. The monoisotopic (exact) mass is 928 g/mol.